The van der Waals surface area contributed by atoms with Gasteiger partial charge in [0.15, 0.2) is 6.61 Å². The summed E-state index contributed by atoms with van der Waals surface area (Å²) in [6.07, 6.45) is 1.75. The van der Waals surface area contributed by atoms with Gasteiger partial charge >= 0.3 is 5.97 Å². The maximum atomic E-state index is 14.5. The van der Waals surface area contributed by atoms with Gasteiger partial charge in [0.05, 0.1) is 17.2 Å². The molecule has 2 heterocycles. The Morgan fingerprint density at radius 1 is 1.23 bits per heavy atom. The van der Waals surface area contributed by atoms with E-state index in [1.54, 1.807) is 11.6 Å². The van der Waals surface area contributed by atoms with Gasteiger partial charge in [-0.25, -0.2) is 13.9 Å². The van der Waals surface area contributed by atoms with Gasteiger partial charge in [-0.1, -0.05) is 23.2 Å². The van der Waals surface area contributed by atoms with E-state index >= 15 is 0 Å². The summed E-state index contributed by atoms with van der Waals surface area (Å²) in [6, 6.07) is 2.32. The second-order valence-corrected chi connectivity index (χ2v) is 6.55. The molecule has 1 aliphatic rings. The van der Waals surface area contributed by atoms with Gasteiger partial charge in [-0.15, -0.1) is 0 Å². The van der Waals surface area contributed by atoms with Crippen molar-refractivity contribution in [2.45, 2.75) is 32.9 Å². The minimum atomic E-state index is -0.693. The topological polar surface area (TPSA) is 62.5 Å². The highest BCUT2D eigenvalue weighted by molar-refractivity contribution is 6.33. The van der Waals surface area contributed by atoms with Crippen LogP contribution in [0.5, 0.6) is 5.75 Å². The zero-order chi connectivity index (χ0) is 18.8. The Bertz CT molecular complexity index is 907. The molecule has 9 heteroatoms. The fourth-order valence-electron chi connectivity index (χ4n) is 2.92. The molecule has 0 bridgehead atoms. The first-order valence-corrected chi connectivity index (χ1v) is 8.96. The number of ether oxygens (including phenoxy) is 2. The number of benzene rings is 1. The van der Waals surface area contributed by atoms with Crippen molar-refractivity contribution in [1.29, 1.82) is 0 Å². The first-order chi connectivity index (χ1) is 12.4. The van der Waals surface area contributed by atoms with Crippen molar-refractivity contribution < 1.29 is 18.7 Å². The number of rotatable bonds is 5. The van der Waals surface area contributed by atoms with Crippen LogP contribution < -0.4 is 10.3 Å². The minimum absolute atomic E-state index is 0.0161. The van der Waals surface area contributed by atoms with E-state index in [1.807, 2.05) is 0 Å². The quantitative estimate of drug-likeness (QED) is 0.717. The lowest BCUT2D eigenvalue weighted by Gasteiger charge is -2.17. The SMILES string of the molecule is CCOC(=O)COc1cc(-c2c(Cl)n3n(c2=O)CCCC3)c(F)cc1Cl. The van der Waals surface area contributed by atoms with Crippen molar-refractivity contribution in [3.05, 3.63) is 38.5 Å². The molecule has 0 radical (unpaired) electrons. The van der Waals surface area contributed by atoms with Crippen LogP contribution >= 0.6 is 23.2 Å². The van der Waals surface area contributed by atoms with Gasteiger partial charge in [-0.05, 0) is 31.9 Å². The van der Waals surface area contributed by atoms with Gasteiger partial charge < -0.3 is 9.47 Å². The fraction of sp³-hybridized carbons (Fsp3) is 0.412. The number of carbonyl (C=O) groups excluding carboxylic acids is 1. The van der Waals surface area contributed by atoms with Crippen LogP contribution in [0.4, 0.5) is 4.39 Å². The summed E-state index contributed by atoms with van der Waals surface area (Å²) < 4.78 is 27.8. The Morgan fingerprint density at radius 2 is 1.92 bits per heavy atom. The molecule has 0 fully saturated rings. The van der Waals surface area contributed by atoms with E-state index in [-0.39, 0.29) is 45.8 Å². The number of aromatic nitrogens is 2. The monoisotopic (exact) mass is 402 g/mol. The highest BCUT2D eigenvalue weighted by Crippen LogP contribution is 2.35. The molecule has 1 aliphatic heterocycles. The van der Waals surface area contributed by atoms with Crippen molar-refractivity contribution in [1.82, 2.24) is 9.36 Å². The van der Waals surface area contributed by atoms with Gasteiger partial charge in [0.25, 0.3) is 5.56 Å². The van der Waals surface area contributed by atoms with Crippen LogP contribution in [0.1, 0.15) is 19.8 Å². The Balaban J connectivity index is 2.01. The van der Waals surface area contributed by atoms with Gasteiger partial charge in [-0.3, -0.25) is 9.48 Å². The highest BCUT2D eigenvalue weighted by atomic mass is 35.5. The van der Waals surface area contributed by atoms with Gasteiger partial charge in [0.2, 0.25) is 0 Å². The predicted molar refractivity (Wildman–Crippen MR) is 95.5 cm³/mol. The van der Waals surface area contributed by atoms with E-state index < -0.39 is 11.8 Å². The molecule has 0 N–H and O–H groups in total. The summed E-state index contributed by atoms with van der Waals surface area (Å²) in [7, 11) is 0. The van der Waals surface area contributed by atoms with Gasteiger partial charge in [-0.2, -0.15) is 0 Å². The average Bonchev–Trinajstić information content (AvgIpc) is 2.86. The number of fused-ring (bicyclic) bond motifs is 1. The molecule has 3 rings (SSSR count). The number of hydrogen-bond acceptors (Lipinski definition) is 4. The molecule has 0 aliphatic carbocycles. The number of nitrogens with zero attached hydrogens (tertiary/aromatic N) is 2. The molecule has 1 aromatic heterocycles. The molecule has 0 spiro atoms. The average molecular weight is 403 g/mol. The molecule has 0 atom stereocenters. The third-order valence-corrected chi connectivity index (χ3v) is 4.78. The standard InChI is InChI=1S/C17H17Cl2FN2O4/c1-2-25-14(23)9-26-13-7-10(12(20)8-11(13)18)15-16(19)21-5-3-4-6-22(21)17(15)24/h7-8H,2-6,9H2,1H3. The highest BCUT2D eigenvalue weighted by Gasteiger charge is 2.25. The molecule has 0 unspecified atom stereocenters. The lowest BCUT2D eigenvalue weighted by Crippen LogP contribution is -2.27. The van der Waals surface area contributed by atoms with E-state index in [4.69, 9.17) is 32.7 Å². The van der Waals surface area contributed by atoms with E-state index in [2.05, 4.69) is 0 Å². The van der Waals surface area contributed by atoms with Gasteiger partial charge in [0, 0.05) is 18.7 Å². The minimum Gasteiger partial charge on any atom is -0.480 e. The molecule has 0 amide bonds. The van der Waals surface area contributed by atoms with Crippen LogP contribution in [-0.2, 0) is 22.6 Å². The van der Waals surface area contributed by atoms with Crippen LogP contribution in [-0.4, -0.2) is 28.5 Å². The lowest BCUT2D eigenvalue weighted by atomic mass is 10.1. The van der Waals surface area contributed by atoms with Gasteiger partial charge in [0.1, 0.15) is 16.7 Å². The predicted octanol–water partition coefficient (Wildman–Crippen LogP) is 3.50. The molecular formula is C17H17Cl2FN2O4. The summed E-state index contributed by atoms with van der Waals surface area (Å²) in [5.41, 5.74) is -0.325. The van der Waals surface area contributed by atoms with E-state index in [0.717, 1.165) is 18.9 Å². The molecule has 1 aromatic carbocycles. The second-order valence-electron chi connectivity index (χ2n) is 5.78. The number of esters is 1. The van der Waals surface area contributed by atoms with Crippen molar-refractivity contribution in [3.63, 3.8) is 0 Å². The smallest absolute Gasteiger partial charge is 0.344 e. The normalized spacial score (nSPS) is 13.4. The Morgan fingerprint density at radius 3 is 2.58 bits per heavy atom. The van der Waals surface area contributed by atoms with Crippen LogP contribution in [0.3, 0.4) is 0 Å². The molecule has 26 heavy (non-hydrogen) atoms. The zero-order valence-corrected chi connectivity index (χ0v) is 15.6. The van der Waals surface area contributed by atoms with E-state index in [0.29, 0.717) is 13.1 Å². The first-order valence-electron chi connectivity index (χ1n) is 8.21. The summed E-state index contributed by atoms with van der Waals surface area (Å²) >= 11 is 12.3. The van der Waals surface area contributed by atoms with Crippen molar-refractivity contribution in [3.8, 4) is 16.9 Å². The first kappa shape index (κ1) is 18.8. The van der Waals surface area contributed by atoms with Crippen molar-refractivity contribution in [2.24, 2.45) is 0 Å². The Hall–Kier alpha value is -1.99. The second kappa shape index (κ2) is 7.72. The largest absolute Gasteiger partial charge is 0.480 e. The van der Waals surface area contributed by atoms with Crippen LogP contribution in [0.25, 0.3) is 11.1 Å². The lowest BCUT2D eigenvalue weighted by molar-refractivity contribution is -0.145. The molecule has 0 saturated heterocycles. The molecule has 0 saturated carbocycles. The third kappa shape index (κ3) is 3.46. The summed E-state index contributed by atoms with van der Waals surface area (Å²) in [4.78, 5) is 24.1. The maximum absolute atomic E-state index is 14.5. The maximum Gasteiger partial charge on any atom is 0.344 e. The fourth-order valence-corrected chi connectivity index (χ4v) is 3.49. The summed E-state index contributed by atoms with van der Waals surface area (Å²) in [6.45, 7) is 2.63. The summed E-state index contributed by atoms with van der Waals surface area (Å²) in [5, 5.41) is 0.156. The van der Waals surface area contributed by atoms with Crippen molar-refractivity contribution in [2.75, 3.05) is 13.2 Å². The third-order valence-electron chi connectivity index (χ3n) is 4.10. The van der Waals surface area contributed by atoms with Crippen LogP contribution in [0.15, 0.2) is 16.9 Å². The molecule has 6 nitrogen and oxygen atoms in total. The van der Waals surface area contributed by atoms with Crippen molar-refractivity contribution >= 4 is 29.2 Å². The number of hydrogen-bond donors (Lipinski definition) is 0. The molecule has 140 valence electrons. The molecule has 2 aromatic rings. The number of carbonyl (C=O) groups is 1. The Labute approximate surface area is 159 Å². The van der Waals surface area contributed by atoms with E-state index in [9.17, 15) is 14.0 Å². The summed E-state index contributed by atoms with van der Waals surface area (Å²) in [5.74, 6) is -1.20. The molecular weight excluding hydrogens is 386 g/mol. The van der Waals surface area contributed by atoms with Crippen LogP contribution in [0, 0.1) is 5.82 Å². The number of halogens is 3. The van der Waals surface area contributed by atoms with Crippen LogP contribution in [0.2, 0.25) is 10.2 Å². The van der Waals surface area contributed by atoms with E-state index in [1.165, 1.54) is 10.7 Å². The Kier molecular flexibility index (Phi) is 5.58. The zero-order valence-electron chi connectivity index (χ0n) is 14.1.